The molecule has 0 spiro atoms. The molecule has 0 aliphatic rings. The van der Waals surface area contributed by atoms with Crippen molar-refractivity contribution in [1.82, 2.24) is 0 Å². The van der Waals surface area contributed by atoms with E-state index in [0.717, 1.165) is 38.5 Å². The highest BCUT2D eigenvalue weighted by atomic mass is 32.3. The molecule has 0 aromatic heterocycles. The van der Waals surface area contributed by atoms with E-state index in [1.54, 1.807) is 0 Å². The highest BCUT2D eigenvalue weighted by Crippen LogP contribution is 2.11. The van der Waals surface area contributed by atoms with Gasteiger partial charge in [0.1, 0.15) is 0 Å². The Balaban J connectivity index is 3.30. The Morgan fingerprint density at radius 1 is 0.545 bits per heavy atom. The Morgan fingerprint density at radius 3 is 1.32 bits per heavy atom. The molecule has 0 rings (SSSR count). The van der Waals surface area contributed by atoms with Gasteiger partial charge in [-0.3, -0.25) is 0 Å². The zero-order valence-corrected chi connectivity index (χ0v) is 15.5. The van der Waals surface area contributed by atoms with Gasteiger partial charge in [-0.25, -0.2) is 8.37 Å². The van der Waals surface area contributed by atoms with Crippen LogP contribution in [0.4, 0.5) is 0 Å². The lowest BCUT2D eigenvalue weighted by atomic mass is 10.1. The zero-order valence-electron chi connectivity index (χ0n) is 14.6. The Hall–Kier alpha value is -0.130. The van der Waals surface area contributed by atoms with Crippen molar-refractivity contribution in [2.24, 2.45) is 0 Å². The third-order valence-corrected chi connectivity index (χ3v) is 4.61. The van der Waals surface area contributed by atoms with Crippen molar-refractivity contribution in [3.05, 3.63) is 0 Å². The van der Waals surface area contributed by atoms with Crippen molar-refractivity contribution in [3.63, 3.8) is 0 Å². The first-order chi connectivity index (χ1) is 10.6. The van der Waals surface area contributed by atoms with Gasteiger partial charge in [0.2, 0.25) is 0 Å². The summed E-state index contributed by atoms with van der Waals surface area (Å²) in [6.07, 6.45) is 15.0. The molecule has 22 heavy (non-hydrogen) atoms. The maximum absolute atomic E-state index is 11.4. The summed E-state index contributed by atoms with van der Waals surface area (Å²) in [4.78, 5) is 0. The summed E-state index contributed by atoms with van der Waals surface area (Å²) in [7, 11) is -3.77. The van der Waals surface area contributed by atoms with Gasteiger partial charge in [0.25, 0.3) is 0 Å². The van der Waals surface area contributed by atoms with Crippen molar-refractivity contribution < 1.29 is 16.8 Å². The van der Waals surface area contributed by atoms with E-state index < -0.39 is 10.4 Å². The van der Waals surface area contributed by atoms with E-state index in [1.165, 1.54) is 44.9 Å². The van der Waals surface area contributed by atoms with Gasteiger partial charge in [-0.1, -0.05) is 84.5 Å². The van der Waals surface area contributed by atoms with Crippen molar-refractivity contribution >= 4 is 10.4 Å². The molecule has 0 heterocycles. The Labute approximate surface area is 138 Å². The van der Waals surface area contributed by atoms with Gasteiger partial charge in [-0.15, -0.1) is 0 Å². The molecule has 0 unspecified atom stereocenters. The van der Waals surface area contributed by atoms with Crippen LogP contribution in [0, 0.1) is 0 Å². The molecular formula is C17H36O4S. The number of hydrogen-bond donors (Lipinski definition) is 0. The van der Waals surface area contributed by atoms with Gasteiger partial charge < -0.3 is 0 Å². The van der Waals surface area contributed by atoms with Crippen LogP contribution in [-0.2, 0) is 18.8 Å². The predicted octanol–water partition coefficient (Wildman–Crippen LogP) is 5.38. The molecule has 4 nitrogen and oxygen atoms in total. The zero-order chi connectivity index (χ0) is 16.5. The molecule has 0 saturated carbocycles. The van der Waals surface area contributed by atoms with E-state index in [-0.39, 0.29) is 13.2 Å². The summed E-state index contributed by atoms with van der Waals surface area (Å²) in [5.41, 5.74) is 0. The summed E-state index contributed by atoms with van der Waals surface area (Å²) in [6, 6.07) is 0. The fourth-order valence-corrected chi connectivity index (χ4v) is 3.01. The van der Waals surface area contributed by atoms with Gasteiger partial charge in [0.05, 0.1) is 13.2 Å². The predicted molar refractivity (Wildman–Crippen MR) is 92.2 cm³/mol. The highest BCUT2D eigenvalue weighted by molar-refractivity contribution is 7.81. The monoisotopic (exact) mass is 336 g/mol. The third-order valence-electron chi connectivity index (χ3n) is 3.70. The number of unbranched alkanes of at least 4 members (excludes halogenated alkanes) is 11. The Kier molecular flexibility index (Phi) is 15.7. The van der Waals surface area contributed by atoms with Crippen LogP contribution in [0.15, 0.2) is 0 Å². The molecule has 0 atom stereocenters. The van der Waals surface area contributed by atoms with Gasteiger partial charge in [0.15, 0.2) is 0 Å². The minimum absolute atomic E-state index is 0.230. The van der Waals surface area contributed by atoms with Crippen LogP contribution in [-0.4, -0.2) is 21.6 Å². The Morgan fingerprint density at radius 2 is 0.864 bits per heavy atom. The lowest BCUT2D eigenvalue weighted by molar-refractivity contribution is 0.208. The summed E-state index contributed by atoms with van der Waals surface area (Å²) in [5, 5.41) is 0. The van der Waals surface area contributed by atoms with Crippen LogP contribution in [0.3, 0.4) is 0 Å². The second-order valence-electron chi connectivity index (χ2n) is 5.94. The van der Waals surface area contributed by atoms with Gasteiger partial charge in [-0.05, 0) is 12.8 Å². The molecule has 134 valence electrons. The van der Waals surface area contributed by atoms with Crippen LogP contribution < -0.4 is 0 Å². The first kappa shape index (κ1) is 21.9. The maximum Gasteiger partial charge on any atom is 0.399 e. The van der Waals surface area contributed by atoms with Crippen LogP contribution in [0.1, 0.15) is 97.3 Å². The lowest BCUT2D eigenvalue weighted by Gasteiger charge is -2.06. The molecule has 0 bridgehead atoms. The van der Waals surface area contributed by atoms with Crippen molar-refractivity contribution in [2.45, 2.75) is 97.3 Å². The van der Waals surface area contributed by atoms with E-state index in [4.69, 9.17) is 8.37 Å². The topological polar surface area (TPSA) is 52.6 Å². The second kappa shape index (κ2) is 15.8. The van der Waals surface area contributed by atoms with Crippen molar-refractivity contribution in [2.75, 3.05) is 13.2 Å². The van der Waals surface area contributed by atoms with Crippen molar-refractivity contribution in [3.8, 4) is 0 Å². The molecule has 5 heteroatoms. The molecular weight excluding hydrogens is 300 g/mol. The summed E-state index contributed by atoms with van der Waals surface area (Å²) in [5.74, 6) is 0. The first-order valence-electron chi connectivity index (χ1n) is 9.16. The lowest BCUT2D eigenvalue weighted by Crippen LogP contribution is -2.12. The smallest absolute Gasteiger partial charge is 0.248 e. The minimum Gasteiger partial charge on any atom is -0.248 e. The second-order valence-corrected chi connectivity index (χ2v) is 7.23. The normalized spacial score (nSPS) is 11.9. The van der Waals surface area contributed by atoms with Gasteiger partial charge >= 0.3 is 10.4 Å². The molecule has 0 amide bonds. The molecule has 0 N–H and O–H groups in total. The average molecular weight is 337 g/mol. The van der Waals surface area contributed by atoms with E-state index in [0.29, 0.717) is 0 Å². The minimum atomic E-state index is -3.77. The molecule has 0 radical (unpaired) electrons. The van der Waals surface area contributed by atoms with E-state index >= 15 is 0 Å². The average Bonchev–Trinajstić information content (AvgIpc) is 2.49. The van der Waals surface area contributed by atoms with Crippen LogP contribution in [0.5, 0.6) is 0 Å². The molecule has 0 aliphatic heterocycles. The van der Waals surface area contributed by atoms with E-state index in [2.05, 4.69) is 13.8 Å². The molecule has 0 fully saturated rings. The largest absolute Gasteiger partial charge is 0.399 e. The fourth-order valence-electron chi connectivity index (χ4n) is 2.30. The summed E-state index contributed by atoms with van der Waals surface area (Å²) >= 11 is 0. The van der Waals surface area contributed by atoms with Crippen LogP contribution >= 0.6 is 0 Å². The van der Waals surface area contributed by atoms with Gasteiger partial charge in [-0.2, -0.15) is 8.42 Å². The quantitative estimate of drug-likeness (QED) is 0.335. The molecule has 0 saturated heterocycles. The number of hydrogen-bond acceptors (Lipinski definition) is 4. The molecule has 0 aliphatic carbocycles. The standard InChI is InChI=1S/C17H36O4S/c1-3-5-7-8-9-10-11-12-13-15-17-21-22(18,19)20-16-14-6-4-2/h3-17H2,1-2H3. The first-order valence-corrected chi connectivity index (χ1v) is 10.5. The number of rotatable bonds is 17. The summed E-state index contributed by atoms with van der Waals surface area (Å²) in [6.45, 7) is 4.77. The Bertz CT molecular complexity index is 315. The summed E-state index contributed by atoms with van der Waals surface area (Å²) < 4.78 is 32.4. The molecule has 0 aromatic rings. The van der Waals surface area contributed by atoms with Crippen LogP contribution in [0.2, 0.25) is 0 Å². The van der Waals surface area contributed by atoms with Crippen LogP contribution in [0.25, 0.3) is 0 Å². The maximum atomic E-state index is 11.4. The third kappa shape index (κ3) is 16.2. The fraction of sp³-hybridized carbons (Fsp3) is 1.00. The van der Waals surface area contributed by atoms with Crippen molar-refractivity contribution in [1.29, 1.82) is 0 Å². The molecule has 0 aromatic carbocycles. The highest BCUT2D eigenvalue weighted by Gasteiger charge is 2.10. The SMILES string of the molecule is CCCCCCCCCCCCOS(=O)(=O)OCCCCC. The van der Waals surface area contributed by atoms with Gasteiger partial charge in [0, 0.05) is 0 Å². The van der Waals surface area contributed by atoms with E-state index in [1.807, 2.05) is 0 Å². The van der Waals surface area contributed by atoms with E-state index in [9.17, 15) is 8.42 Å².